The van der Waals surface area contributed by atoms with Crippen molar-refractivity contribution in [3.63, 3.8) is 0 Å². The average Bonchev–Trinajstić information content (AvgIpc) is 3.61. The average molecular weight is 640 g/mol. The number of allylic oxidation sites excluding steroid dienone is 8. The van der Waals surface area contributed by atoms with E-state index in [-0.39, 0.29) is 0 Å². The van der Waals surface area contributed by atoms with Crippen molar-refractivity contribution in [3.05, 3.63) is 200 Å². The van der Waals surface area contributed by atoms with Gasteiger partial charge in [0.25, 0.3) is 0 Å². The standard InChI is InChI=1S/C48H35N2/c1-3-14-36(32-47-33(2)15-10-11-28-49(47)40-21-12-20-37(29-40)34-16-6-4-7-17-34)39-25-27-46-44(31-39)42-23-13-22-41-43-30-38(35-18-8-5-9-19-35)24-26-45(43)50(46)48(41)42/h3-32H,2H2,1H3/q+1/b14-3-. The summed E-state index contributed by atoms with van der Waals surface area (Å²) in [5, 5.41) is 5.10. The zero-order valence-electron chi connectivity index (χ0n) is 27.9. The summed E-state index contributed by atoms with van der Waals surface area (Å²) in [6.45, 7) is 6.58. The van der Waals surface area contributed by atoms with Crippen molar-refractivity contribution in [1.29, 1.82) is 0 Å². The highest BCUT2D eigenvalue weighted by Gasteiger charge is 2.21. The Morgan fingerprint density at radius 2 is 1.24 bits per heavy atom. The summed E-state index contributed by atoms with van der Waals surface area (Å²) in [6.07, 6.45) is 14.9. The molecule has 0 amide bonds. The van der Waals surface area contributed by atoms with Crippen LogP contribution >= 0.6 is 0 Å². The zero-order chi connectivity index (χ0) is 33.6. The molecule has 8 aromatic rings. The first-order valence-corrected chi connectivity index (χ1v) is 17.2. The Labute approximate surface area is 292 Å². The Kier molecular flexibility index (Phi) is 7.21. The van der Waals surface area contributed by atoms with Crippen molar-refractivity contribution in [2.45, 2.75) is 6.92 Å². The van der Waals surface area contributed by atoms with E-state index in [1.165, 1.54) is 60.3 Å². The second kappa shape index (κ2) is 12.2. The Hall–Kier alpha value is -6.51. The molecule has 2 aromatic heterocycles. The van der Waals surface area contributed by atoms with E-state index in [1.54, 1.807) is 0 Å². The molecule has 0 radical (unpaired) electrons. The highest BCUT2D eigenvalue weighted by molar-refractivity contribution is 6.24. The van der Waals surface area contributed by atoms with Gasteiger partial charge in [0.2, 0.25) is 11.4 Å². The fourth-order valence-corrected chi connectivity index (χ4v) is 7.51. The number of rotatable bonds is 6. The minimum atomic E-state index is 0.949. The molecule has 236 valence electrons. The van der Waals surface area contributed by atoms with Crippen LogP contribution in [0.2, 0.25) is 0 Å². The highest BCUT2D eigenvalue weighted by Crippen LogP contribution is 2.41. The van der Waals surface area contributed by atoms with Gasteiger partial charge in [0.15, 0.2) is 6.20 Å². The van der Waals surface area contributed by atoms with Gasteiger partial charge in [-0.15, -0.1) is 0 Å². The van der Waals surface area contributed by atoms with E-state index in [1.807, 2.05) is 0 Å². The lowest BCUT2D eigenvalue weighted by Crippen LogP contribution is -2.11. The molecule has 0 atom stereocenters. The van der Waals surface area contributed by atoms with Gasteiger partial charge in [-0.1, -0.05) is 128 Å². The molecule has 0 N–H and O–H groups in total. The summed E-state index contributed by atoms with van der Waals surface area (Å²) in [5.74, 6) is 0. The summed E-state index contributed by atoms with van der Waals surface area (Å²) in [7, 11) is 0. The Bertz CT molecular complexity index is 2750. The van der Waals surface area contributed by atoms with E-state index in [9.17, 15) is 0 Å². The molecule has 1 aliphatic heterocycles. The number of hydrogen-bond acceptors (Lipinski definition) is 0. The SMILES string of the molecule is C=C1C=CC=C[N+](c2cccc(-c3ccccc3)c2)=C1/C=C(\C=C/C)c1ccc2c(c1)c1cccc3c4cc(-c5ccccc5)ccc4n2c13. The van der Waals surface area contributed by atoms with Gasteiger partial charge in [-0.3, -0.25) is 0 Å². The van der Waals surface area contributed by atoms with Crippen molar-refractivity contribution in [2.75, 3.05) is 0 Å². The molecule has 2 heteroatoms. The van der Waals surface area contributed by atoms with Crippen LogP contribution in [0.1, 0.15) is 12.5 Å². The van der Waals surface area contributed by atoms with Crippen LogP contribution in [0.4, 0.5) is 5.69 Å². The van der Waals surface area contributed by atoms with Crippen LogP contribution in [0, 0.1) is 0 Å². The van der Waals surface area contributed by atoms with E-state index in [0.29, 0.717) is 0 Å². The van der Waals surface area contributed by atoms with Gasteiger partial charge in [-0.2, -0.15) is 4.58 Å². The molecular formula is C48H35N2+. The normalized spacial score (nSPS) is 13.9. The molecule has 6 aromatic carbocycles. The molecule has 9 rings (SSSR count). The van der Waals surface area contributed by atoms with E-state index < -0.39 is 0 Å². The smallest absolute Gasteiger partial charge is 0.218 e. The molecule has 1 aliphatic rings. The van der Waals surface area contributed by atoms with Crippen LogP contribution in [0.5, 0.6) is 0 Å². The van der Waals surface area contributed by atoms with Crippen molar-refractivity contribution < 1.29 is 4.58 Å². The van der Waals surface area contributed by atoms with Gasteiger partial charge in [0.05, 0.1) is 16.6 Å². The molecule has 3 heterocycles. The molecule has 2 nitrogen and oxygen atoms in total. The van der Waals surface area contributed by atoms with Crippen LogP contribution in [0.25, 0.3) is 65.9 Å². The predicted octanol–water partition coefficient (Wildman–Crippen LogP) is 12.6. The molecule has 0 saturated heterocycles. The lowest BCUT2D eigenvalue weighted by atomic mass is 9.98. The number of hydrogen-bond donors (Lipinski definition) is 0. The van der Waals surface area contributed by atoms with Crippen molar-refractivity contribution in [3.8, 4) is 22.3 Å². The van der Waals surface area contributed by atoms with E-state index in [4.69, 9.17) is 0 Å². The number of nitrogens with zero attached hydrogens (tertiary/aromatic N) is 2. The fourth-order valence-electron chi connectivity index (χ4n) is 7.51. The van der Waals surface area contributed by atoms with Gasteiger partial charge < -0.3 is 4.40 Å². The fraction of sp³-hybridized carbons (Fsp3) is 0.0208. The molecule has 50 heavy (non-hydrogen) atoms. The maximum absolute atomic E-state index is 4.50. The lowest BCUT2D eigenvalue weighted by Gasteiger charge is -2.09. The monoisotopic (exact) mass is 639 g/mol. The maximum Gasteiger partial charge on any atom is 0.218 e. The maximum atomic E-state index is 4.50. The van der Waals surface area contributed by atoms with Crippen LogP contribution in [-0.2, 0) is 0 Å². The molecule has 0 fully saturated rings. The van der Waals surface area contributed by atoms with Crippen LogP contribution in [0.3, 0.4) is 0 Å². The van der Waals surface area contributed by atoms with Gasteiger partial charge in [0.1, 0.15) is 0 Å². The van der Waals surface area contributed by atoms with Crippen molar-refractivity contribution in [1.82, 2.24) is 4.40 Å². The zero-order valence-corrected chi connectivity index (χ0v) is 27.9. The van der Waals surface area contributed by atoms with Gasteiger partial charge >= 0.3 is 0 Å². The predicted molar refractivity (Wildman–Crippen MR) is 214 cm³/mol. The molecule has 0 aliphatic carbocycles. The topological polar surface area (TPSA) is 7.42 Å². The highest BCUT2D eigenvalue weighted by atomic mass is 15.0. The number of fused-ring (bicyclic) bond motifs is 6. The third kappa shape index (κ3) is 4.93. The minimum absolute atomic E-state index is 0.949. The Morgan fingerprint density at radius 1 is 0.600 bits per heavy atom. The van der Waals surface area contributed by atoms with Crippen LogP contribution < -0.4 is 0 Å². The van der Waals surface area contributed by atoms with Crippen molar-refractivity contribution >= 4 is 55.1 Å². The van der Waals surface area contributed by atoms with E-state index in [0.717, 1.165) is 28.1 Å². The third-order valence-corrected chi connectivity index (χ3v) is 9.86. The molecule has 0 saturated carbocycles. The van der Waals surface area contributed by atoms with Gasteiger partial charge in [-0.25, -0.2) is 0 Å². The van der Waals surface area contributed by atoms with E-state index in [2.05, 4.69) is 205 Å². The van der Waals surface area contributed by atoms with E-state index >= 15 is 0 Å². The minimum Gasteiger partial charge on any atom is -0.308 e. The Morgan fingerprint density at radius 3 is 1.96 bits per heavy atom. The second-order valence-electron chi connectivity index (χ2n) is 12.9. The summed E-state index contributed by atoms with van der Waals surface area (Å²) in [6, 6.07) is 50.4. The molecule has 0 spiro atoms. The van der Waals surface area contributed by atoms with Crippen LogP contribution in [0.15, 0.2) is 194 Å². The first-order valence-electron chi connectivity index (χ1n) is 17.2. The second-order valence-corrected chi connectivity index (χ2v) is 12.9. The molecule has 0 bridgehead atoms. The number of aromatic nitrogens is 1. The summed E-state index contributed by atoms with van der Waals surface area (Å²) in [4.78, 5) is 0. The molecular weight excluding hydrogens is 605 g/mol. The number of para-hydroxylation sites is 1. The number of benzene rings is 6. The summed E-state index contributed by atoms with van der Waals surface area (Å²) in [5.41, 5.74) is 13.9. The van der Waals surface area contributed by atoms with Crippen LogP contribution in [-0.4, -0.2) is 14.7 Å². The summed E-state index contributed by atoms with van der Waals surface area (Å²) < 4.78 is 4.69. The molecule has 0 unspecified atom stereocenters. The third-order valence-electron chi connectivity index (χ3n) is 9.86. The first-order chi connectivity index (χ1) is 24.7. The first kappa shape index (κ1) is 29.6. The Balaban J connectivity index is 1.21. The summed E-state index contributed by atoms with van der Waals surface area (Å²) >= 11 is 0. The van der Waals surface area contributed by atoms with Gasteiger partial charge in [-0.05, 0) is 70.7 Å². The van der Waals surface area contributed by atoms with Crippen molar-refractivity contribution in [2.24, 2.45) is 0 Å². The largest absolute Gasteiger partial charge is 0.308 e. The quantitative estimate of drug-likeness (QED) is 0.126. The lowest BCUT2D eigenvalue weighted by molar-refractivity contribution is -0.358. The van der Waals surface area contributed by atoms with Gasteiger partial charge in [0, 0.05) is 51.4 Å².